The lowest BCUT2D eigenvalue weighted by Gasteiger charge is -2.35. The quantitative estimate of drug-likeness (QED) is 0.752. The van der Waals surface area contributed by atoms with Gasteiger partial charge >= 0.3 is 6.09 Å². The van der Waals surface area contributed by atoms with Gasteiger partial charge in [0, 0.05) is 23.8 Å². The first-order valence-corrected chi connectivity index (χ1v) is 8.97. The second kappa shape index (κ2) is 5.87. The van der Waals surface area contributed by atoms with E-state index in [0.717, 1.165) is 19.3 Å². The average Bonchev–Trinajstić information content (AvgIpc) is 2.83. The molecule has 0 aliphatic carbocycles. The third-order valence-electron chi connectivity index (χ3n) is 5.03. The van der Waals surface area contributed by atoms with Gasteiger partial charge in [-0.2, -0.15) is 0 Å². The van der Waals surface area contributed by atoms with Crippen LogP contribution in [-0.2, 0) is 4.74 Å². The Morgan fingerprint density at radius 2 is 2.08 bits per heavy atom. The molecule has 1 fully saturated rings. The van der Waals surface area contributed by atoms with Gasteiger partial charge in [0.05, 0.1) is 6.04 Å². The number of hydrogen-bond acceptors (Lipinski definition) is 3. The Labute approximate surface area is 148 Å². The topological polar surface area (TPSA) is 42.4 Å². The van der Waals surface area contributed by atoms with Crippen LogP contribution < -0.4 is 0 Å². The molecule has 130 valence electrons. The molecule has 1 saturated heterocycles. The number of rotatable bonds is 1. The van der Waals surface area contributed by atoms with Crippen LogP contribution in [0.3, 0.4) is 0 Å². The first kappa shape index (κ1) is 16.1. The predicted octanol–water partition coefficient (Wildman–Crippen LogP) is 4.79. The molecule has 1 aromatic carbocycles. The summed E-state index contributed by atoms with van der Waals surface area (Å²) >= 11 is 0. The van der Waals surface area contributed by atoms with Crippen molar-refractivity contribution in [1.29, 1.82) is 0 Å². The number of amides is 1. The summed E-state index contributed by atoms with van der Waals surface area (Å²) in [6.07, 6.45) is 8.76. The molecule has 25 heavy (non-hydrogen) atoms. The lowest BCUT2D eigenvalue weighted by atomic mass is 9.92. The largest absolute Gasteiger partial charge is 0.444 e. The summed E-state index contributed by atoms with van der Waals surface area (Å²) in [5.41, 5.74) is 2.11. The molecule has 2 aliphatic heterocycles. The van der Waals surface area contributed by atoms with Gasteiger partial charge in [-0.15, -0.1) is 0 Å². The van der Waals surface area contributed by atoms with Crippen LogP contribution in [0.5, 0.6) is 0 Å². The van der Waals surface area contributed by atoms with Crippen LogP contribution >= 0.6 is 0 Å². The van der Waals surface area contributed by atoms with Crippen molar-refractivity contribution in [3.8, 4) is 0 Å². The fraction of sp³-hybridized carbons (Fsp3) is 0.429. The summed E-state index contributed by atoms with van der Waals surface area (Å²) < 4.78 is 5.62. The normalized spacial score (nSPS) is 22.8. The molecule has 1 aromatic heterocycles. The van der Waals surface area contributed by atoms with Gasteiger partial charge in [0.25, 0.3) is 0 Å². The molecule has 3 heterocycles. The monoisotopic (exact) mass is 336 g/mol. The maximum absolute atomic E-state index is 12.6. The molecule has 4 heteroatoms. The van der Waals surface area contributed by atoms with Crippen molar-refractivity contribution in [3.05, 3.63) is 48.3 Å². The maximum Gasteiger partial charge on any atom is 0.411 e. The van der Waals surface area contributed by atoms with E-state index in [2.05, 4.69) is 29.3 Å². The Balaban J connectivity index is 1.66. The number of hydrogen-bond donors (Lipinski definition) is 0. The lowest BCUT2D eigenvalue weighted by molar-refractivity contribution is 0.0175. The van der Waals surface area contributed by atoms with E-state index in [1.807, 2.05) is 44.1 Å². The van der Waals surface area contributed by atoms with Crippen molar-refractivity contribution < 1.29 is 9.53 Å². The van der Waals surface area contributed by atoms with Crippen LogP contribution in [0.15, 0.2) is 42.7 Å². The van der Waals surface area contributed by atoms with E-state index in [9.17, 15) is 4.79 Å². The minimum absolute atomic E-state index is 0.135. The van der Waals surface area contributed by atoms with Gasteiger partial charge in [-0.05, 0) is 62.6 Å². The molecule has 2 unspecified atom stereocenters. The van der Waals surface area contributed by atoms with E-state index in [-0.39, 0.29) is 18.2 Å². The third-order valence-corrected chi connectivity index (χ3v) is 5.03. The zero-order valence-corrected chi connectivity index (χ0v) is 15.0. The van der Waals surface area contributed by atoms with Gasteiger partial charge in [0.15, 0.2) is 0 Å². The smallest absolute Gasteiger partial charge is 0.411 e. The predicted molar refractivity (Wildman–Crippen MR) is 99.2 cm³/mol. The first-order valence-electron chi connectivity index (χ1n) is 8.97. The number of nitrogens with zero attached hydrogens (tertiary/aromatic N) is 2. The minimum Gasteiger partial charge on any atom is -0.444 e. The van der Waals surface area contributed by atoms with E-state index in [4.69, 9.17) is 4.74 Å². The van der Waals surface area contributed by atoms with Gasteiger partial charge in [0.1, 0.15) is 5.60 Å². The van der Waals surface area contributed by atoms with Crippen molar-refractivity contribution in [2.45, 2.75) is 57.7 Å². The highest BCUT2D eigenvalue weighted by molar-refractivity contribution is 5.94. The minimum atomic E-state index is -0.457. The van der Waals surface area contributed by atoms with Gasteiger partial charge in [-0.3, -0.25) is 9.88 Å². The fourth-order valence-corrected chi connectivity index (χ4v) is 4.02. The Morgan fingerprint density at radius 1 is 1.24 bits per heavy atom. The van der Waals surface area contributed by atoms with Crippen LogP contribution in [-0.4, -0.2) is 33.7 Å². The number of carbonyl (C=O) groups is 1. The molecule has 0 N–H and O–H groups in total. The Hall–Kier alpha value is -2.36. The highest BCUT2D eigenvalue weighted by Gasteiger charge is 2.41. The molecule has 2 bridgehead atoms. The highest BCUT2D eigenvalue weighted by Crippen LogP contribution is 2.40. The van der Waals surface area contributed by atoms with Gasteiger partial charge in [-0.25, -0.2) is 4.79 Å². The second-order valence-corrected chi connectivity index (χ2v) is 7.98. The average molecular weight is 336 g/mol. The van der Waals surface area contributed by atoms with Crippen LogP contribution in [0, 0.1) is 0 Å². The molecule has 1 amide bonds. The lowest BCUT2D eigenvalue weighted by Crippen LogP contribution is -2.45. The number of benzene rings is 1. The highest BCUT2D eigenvalue weighted by atomic mass is 16.6. The van der Waals surface area contributed by atoms with Crippen LogP contribution in [0.2, 0.25) is 0 Å². The van der Waals surface area contributed by atoms with Crippen LogP contribution in [0.1, 0.15) is 45.6 Å². The van der Waals surface area contributed by atoms with E-state index in [0.29, 0.717) is 0 Å². The Bertz CT molecular complexity index is 845. The van der Waals surface area contributed by atoms with Crippen molar-refractivity contribution in [1.82, 2.24) is 9.88 Å². The Kier molecular flexibility index (Phi) is 3.78. The van der Waals surface area contributed by atoms with E-state index < -0.39 is 5.60 Å². The van der Waals surface area contributed by atoms with Crippen molar-refractivity contribution in [3.63, 3.8) is 0 Å². The molecular formula is C21H24N2O2. The summed E-state index contributed by atoms with van der Waals surface area (Å²) in [5.74, 6) is 0. The first-order chi connectivity index (χ1) is 11.9. The standard InChI is InChI=1S/C21H24N2O2/c1-21(2,3)25-20(24)23-16-7-8-17(23)12-15(11-16)18-6-4-5-14-9-10-22-13-19(14)18/h4-6,9-11,13,16-17H,7-8,12H2,1-3H3. The van der Waals surface area contributed by atoms with Gasteiger partial charge in [-0.1, -0.05) is 24.3 Å². The molecule has 2 atom stereocenters. The zero-order valence-electron chi connectivity index (χ0n) is 15.0. The Morgan fingerprint density at radius 3 is 2.84 bits per heavy atom. The molecule has 0 spiro atoms. The number of aromatic nitrogens is 1. The summed E-state index contributed by atoms with van der Waals surface area (Å²) in [5, 5.41) is 2.39. The van der Waals surface area contributed by atoms with Crippen LogP contribution in [0.4, 0.5) is 4.79 Å². The molecule has 4 nitrogen and oxygen atoms in total. The van der Waals surface area contributed by atoms with Crippen molar-refractivity contribution in [2.24, 2.45) is 0 Å². The molecule has 4 rings (SSSR count). The van der Waals surface area contributed by atoms with Gasteiger partial charge in [0.2, 0.25) is 0 Å². The van der Waals surface area contributed by atoms with Crippen molar-refractivity contribution >= 4 is 22.4 Å². The summed E-state index contributed by atoms with van der Waals surface area (Å²) in [6.45, 7) is 5.75. The zero-order chi connectivity index (χ0) is 17.6. The molecule has 0 saturated carbocycles. The molecule has 2 aromatic rings. The molecular weight excluding hydrogens is 312 g/mol. The van der Waals surface area contributed by atoms with Crippen molar-refractivity contribution in [2.75, 3.05) is 0 Å². The number of ether oxygens (including phenoxy) is 1. The van der Waals surface area contributed by atoms with E-state index in [1.165, 1.54) is 21.9 Å². The summed E-state index contributed by atoms with van der Waals surface area (Å²) in [7, 11) is 0. The fourth-order valence-electron chi connectivity index (χ4n) is 4.02. The SMILES string of the molecule is CC(C)(C)OC(=O)N1C2C=C(c3cccc4ccncc34)CC1CC2. The summed E-state index contributed by atoms with van der Waals surface area (Å²) in [6, 6.07) is 8.79. The van der Waals surface area contributed by atoms with E-state index >= 15 is 0 Å². The second-order valence-electron chi connectivity index (χ2n) is 7.98. The molecule has 0 radical (unpaired) electrons. The number of carbonyl (C=O) groups excluding carboxylic acids is 1. The number of fused-ring (bicyclic) bond motifs is 3. The maximum atomic E-state index is 12.6. The third kappa shape index (κ3) is 3.01. The van der Waals surface area contributed by atoms with E-state index in [1.54, 1.807) is 0 Å². The molecule has 2 aliphatic rings. The van der Waals surface area contributed by atoms with Crippen LogP contribution in [0.25, 0.3) is 16.3 Å². The summed E-state index contributed by atoms with van der Waals surface area (Å²) in [4.78, 5) is 18.8. The number of pyridine rings is 1. The van der Waals surface area contributed by atoms with Gasteiger partial charge < -0.3 is 4.74 Å².